The number of halogens is 4. The van der Waals surface area contributed by atoms with E-state index in [2.05, 4.69) is 21.2 Å². The molecule has 1 amide bonds. The van der Waals surface area contributed by atoms with E-state index in [1.807, 2.05) is 0 Å². The van der Waals surface area contributed by atoms with Crippen molar-refractivity contribution >= 4 is 62.3 Å². The van der Waals surface area contributed by atoms with Crippen LogP contribution < -0.4 is 5.32 Å². The summed E-state index contributed by atoms with van der Waals surface area (Å²) in [5, 5.41) is 3.91. The number of furan rings is 1. The van der Waals surface area contributed by atoms with Gasteiger partial charge in [-0.3, -0.25) is 4.79 Å². The number of anilines is 1. The van der Waals surface area contributed by atoms with Crippen LogP contribution in [0.1, 0.15) is 10.6 Å². The smallest absolute Gasteiger partial charge is 0.291 e. The fraction of sp³-hybridized carbons (Fsp3) is 0. The molecule has 0 saturated carbocycles. The van der Waals surface area contributed by atoms with Gasteiger partial charge in [-0.05, 0) is 42.5 Å². The number of hydrogen-bond acceptors (Lipinski definition) is 2. The molecule has 1 aromatic heterocycles. The van der Waals surface area contributed by atoms with Crippen LogP contribution >= 0.6 is 50.7 Å². The monoisotopic (exact) mass is 443 g/mol. The zero-order valence-corrected chi connectivity index (χ0v) is 15.8. The molecule has 1 N–H and O–H groups in total. The zero-order chi connectivity index (χ0) is 17.3. The summed E-state index contributed by atoms with van der Waals surface area (Å²) in [6, 6.07) is 13.6. The summed E-state index contributed by atoms with van der Waals surface area (Å²) in [6.07, 6.45) is 0. The molecule has 1 heterocycles. The van der Waals surface area contributed by atoms with Crippen LogP contribution in [0.5, 0.6) is 0 Å². The van der Waals surface area contributed by atoms with E-state index in [0.29, 0.717) is 32.1 Å². The fourth-order valence-corrected chi connectivity index (χ4v) is 3.19. The van der Waals surface area contributed by atoms with Crippen molar-refractivity contribution in [2.75, 3.05) is 5.32 Å². The zero-order valence-electron chi connectivity index (χ0n) is 11.9. The Morgan fingerprint density at radius 3 is 2.54 bits per heavy atom. The molecule has 0 radical (unpaired) electrons. The van der Waals surface area contributed by atoms with Crippen LogP contribution in [-0.4, -0.2) is 5.91 Å². The number of carbonyl (C=O) groups is 1. The summed E-state index contributed by atoms with van der Waals surface area (Å²) >= 11 is 21.6. The Labute approximate surface area is 161 Å². The summed E-state index contributed by atoms with van der Waals surface area (Å²) in [4.78, 5) is 12.3. The second-order valence-corrected chi connectivity index (χ2v) is 6.95. The van der Waals surface area contributed by atoms with E-state index in [1.54, 1.807) is 48.5 Å². The van der Waals surface area contributed by atoms with Gasteiger partial charge in [0.2, 0.25) is 0 Å². The minimum absolute atomic E-state index is 0.139. The van der Waals surface area contributed by atoms with Gasteiger partial charge in [-0.1, -0.05) is 56.8 Å². The molecule has 24 heavy (non-hydrogen) atoms. The first-order chi connectivity index (χ1) is 11.5. The Kier molecular flexibility index (Phi) is 5.21. The van der Waals surface area contributed by atoms with E-state index >= 15 is 0 Å². The highest BCUT2D eigenvalue weighted by atomic mass is 79.9. The normalized spacial score (nSPS) is 10.7. The molecule has 0 fully saturated rings. The van der Waals surface area contributed by atoms with E-state index in [9.17, 15) is 4.79 Å². The molecule has 0 aliphatic rings. The van der Waals surface area contributed by atoms with Gasteiger partial charge in [0.05, 0.1) is 20.8 Å². The third kappa shape index (κ3) is 3.62. The van der Waals surface area contributed by atoms with Gasteiger partial charge in [-0.25, -0.2) is 0 Å². The van der Waals surface area contributed by atoms with Crippen LogP contribution in [0.25, 0.3) is 11.3 Å². The lowest BCUT2D eigenvalue weighted by molar-refractivity contribution is 0.0997. The second kappa shape index (κ2) is 7.19. The quantitative estimate of drug-likeness (QED) is 0.475. The van der Waals surface area contributed by atoms with Gasteiger partial charge in [0.25, 0.3) is 5.91 Å². The molecule has 2 aromatic carbocycles. The molecule has 7 heteroatoms. The lowest BCUT2D eigenvalue weighted by Crippen LogP contribution is -2.11. The molecule has 0 bridgehead atoms. The molecule has 0 spiro atoms. The number of hydrogen-bond donors (Lipinski definition) is 1. The number of amides is 1. The molecular formula is C17H9BrCl3NO2. The maximum atomic E-state index is 12.3. The van der Waals surface area contributed by atoms with Gasteiger partial charge in [0.1, 0.15) is 5.76 Å². The largest absolute Gasteiger partial charge is 0.451 e. The summed E-state index contributed by atoms with van der Waals surface area (Å²) in [5.41, 5.74) is 1.11. The van der Waals surface area contributed by atoms with Crippen LogP contribution in [0, 0.1) is 0 Å². The minimum Gasteiger partial charge on any atom is -0.451 e. The lowest BCUT2D eigenvalue weighted by atomic mass is 10.2. The van der Waals surface area contributed by atoms with Crippen LogP contribution in [0.2, 0.25) is 15.1 Å². The molecule has 0 atom stereocenters. The molecule has 3 aromatic rings. The van der Waals surface area contributed by atoms with E-state index in [4.69, 9.17) is 39.2 Å². The first-order valence-corrected chi connectivity index (χ1v) is 8.69. The average molecular weight is 446 g/mol. The lowest BCUT2D eigenvalue weighted by Gasteiger charge is -2.06. The Hall–Kier alpha value is -1.46. The third-order valence-electron chi connectivity index (χ3n) is 3.23. The van der Waals surface area contributed by atoms with Gasteiger partial charge in [0.15, 0.2) is 5.76 Å². The summed E-state index contributed by atoms with van der Waals surface area (Å²) < 4.78 is 6.42. The topological polar surface area (TPSA) is 42.2 Å². The van der Waals surface area contributed by atoms with Crippen molar-refractivity contribution in [1.82, 2.24) is 0 Å². The number of rotatable bonds is 3. The van der Waals surface area contributed by atoms with Crippen molar-refractivity contribution < 1.29 is 9.21 Å². The minimum atomic E-state index is -0.413. The maximum Gasteiger partial charge on any atom is 0.291 e. The SMILES string of the molecule is O=C(Nc1ccc(Br)cc1Cl)c1ccc(-c2cccc(Cl)c2Cl)o1. The molecule has 0 aliphatic heterocycles. The van der Waals surface area contributed by atoms with Crippen molar-refractivity contribution in [2.45, 2.75) is 0 Å². The number of carbonyl (C=O) groups excluding carboxylic acids is 1. The molecule has 122 valence electrons. The van der Waals surface area contributed by atoms with Crippen LogP contribution in [0.4, 0.5) is 5.69 Å². The number of nitrogens with one attached hydrogen (secondary N) is 1. The van der Waals surface area contributed by atoms with Gasteiger partial charge in [-0.15, -0.1) is 0 Å². The highest BCUT2D eigenvalue weighted by Gasteiger charge is 2.16. The van der Waals surface area contributed by atoms with E-state index in [0.717, 1.165) is 4.47 Å². The van der Waals surface area contributed by atoms with Gasteiger partial charge in [-0.2, -0.15) is 0 Å². The second-order valence-electron chi connectivity index (χ2n) is 4.84. The highest BCUT2D eigenvalue weighted by Crippen LogP contribution is 2.34. The Balaban J connectivity index is 1.85. The molecular weight excluding hydrogens is 436 g/mol. The molecule has 3 rings (SSSR count). The first-order valence-electron chi connectivity index (χ1n) is 6.76. The van der Waals surface area contributed by atoms with E-state index < -0.39 is 5.91 Å². The Bertz CT molecular complexity index is 924. The van der Waals surface area contributed by atoms with Crippen molar-refractivity contribution in [1.29, 1.82) is 0 Å². The highest BCUT2D eigenvalue weighted by molar-refractivity contribution is 9.10. The van der Waals surface area contributed by atoms with Crippen LogP contribution in [0.15, 0.2) is 57.4 Å². The van der Waals surface area contributed by atoms with E-state index in [-0.39, 0.29) is 5.76 Å². The molecule has 0 unspecified atom stereocenters. The number of benzene rings is 2. The third-order valence-corrected chi connectivity index (χ3v) is 4.85. The predicted octanol–water partition coefficient (Wildman–Crippen LogP) is 6.92. The maximum absolute atomic E-state index is 12.3. The standard InChI is InChI=1S/C17H9BrCl3NO2/c18-9-4-5-13(12(20)8-9)22-17(23)15-7-6-14(24-15)10-2-1-3-11(19)16(10)21/h1-8H,(H,22,23). The van der Waals surface area contributed by atoms with Gasteiger partial charge < -0.3 is 9.73 Å². The summed E-state index contributed by atoms with van der Waals surface area (Å²) in [7, 11) is 0. The van der Waals surface area contributed by atoms with Crippen molar-refractivity contribution in [3.63, 3.8) is 0 Å². The summed E-state index contributed by atoms with van der Waals surface area (Å²) in [6.45, 7) is 0. The van der Waals surface area contributed by atoms with Crippen LogP contribution in [0.3, 0.4) is 0 Å². The average Bonchev–Trinajstić information content (AvgIpc) is 3.02. The van der Waals surface area contributed by atoms with Crippen molar-refractivity contribution in [3.05, 3.63) is 73.8 Å². The van der Waals surface area contributed by atoms with Crippen molar-refractivity contribution in [2.24, 2.45) is 0 Å². The summed E-state index contributed by atoms with van der Waals surface area (Å²) in [5.74, 6) is 0.179. The van der Waals surface area contributed by atoms with Crippen molar-refractivity contribution in [3.8, 4) is 11.3 Å². The molecule has 3 nitrogen and oxygen atoms in total. The Morgan fingerprint density at radius 1 is 1.00 bits per heavy atom. The fourth-order valence-electron chi connectivity index (χ4n) is 2.07. The van der Waals surface area contributed by atoms with Gasteiger partial charge >= 0.3 is 0 Å². The molecule has 0 aliphatic carbocycles. The van der Waals surface area contributed by atoms with Crippen LogP contribution in [-0.2, 0) is 0 Å². The molecule has 0 saturated heterocycles. The van der Waals surface area contributed by atoms with E-state index in [1.165, 1.54) is 0 Å². The van der Waals surface area contributed by atoms with Gasteiger partial charge in [0, 0.05) is 10.0 Å². The Morgan fingerprint density at radius 2 is 1.79 bits per heavy atom. The first kappa shape index (κ1) is 17.4. The predicted molar refractivity (Wildman–Crippen MR) is 101 cm³/mol.